The quantitative estimate of drug-likeness (QED) is 0.876. The van der Waals surface area contributed by atoms with Gasteiger partial charge in [-0.05, 0) is 44.0 Å². The van der Waals surface area contributed by atoms with Crippen LogP contribution in [0.1, 0.15) is 38.3 Å². The van der Waals surface area contributed by atoms with Crippen LogP contribution in [0, 0.1) is 0 Å². The first-order valence-electron chi connectivity index (χ1n) is 6.03. The summed E-state index contributed by atoms with van der Waals surface area (Å²) in [6.45, 7) is 5.11. The number of benzene rings is 1. The molecule has 2 nitrogen and oxygen atoms in total. The van der Waals surface area contributed by atoms with Crippen LogP contribution in [-0.4, -0.2) is 12.6 Å². The summed E-state index contributed by atoms with van der Waals surface area (Å²) in [4.78, 5) is 0. The number of methoxy groups -OCH3 is 1. The average molecular weight is 257 g/mol. The van der Waals surface area contributed by atoms with Gasteiger partial charge in [0, 0.05) is 17.5 Å². The van der Waals surface area contributed by atoms with E-state index in [2.05, 4.69) is 0 Å². The lowest BCUT2D eigenvalue weighted by molar-refractivity contribution is -0.0296. The number of aryl methyl sites for hydroxylation is 1. The number of rotatable bonds is 5. The summed E-state index contributed by atoms with van der Waals surface area (Å²) in [5, 5.41) is 0. The molecule has 18 heavy (non-hydrogen) atoms. The maximum atomic E-state index is 14.1. The van der Waals surface area contributed by atoms with Gasteiger partial charge in [0.2, 0.25) is 0 Å². The highest BCUT2D eigenvalue weighted by Crippen LogP contribution is 2.37. The summed E-state index contributed by atoms with van der Waals surface area (Å²) >= 11 is 0. The second-order valence-electron chi connectivity index (χ2n) is 5.25. The highest BCUT2D eigenvalue weighted by molar-refractivity contribution is 5.39. The van der Waals surface area contributed by atoms with Gasteiger partial charge in [-0.25, -0.2) is 8.78 Å². The minimum absolute atomic E-state index is 0.00123. The first kappa shape index (κ1) is 14.9. The number of ether oxygens (including phenoxy) is 1. The molecule has 2 N–H and O–H groups in total. The molecule has 1 aromatic rings. The number of hydrogen-bond acceptors (Lipinski definition) is 2. The number of hydrogen-bond donors (Lipinski definition) is 1. The maximum Gasteiger partial charge on any atom is 0.275 e. The van der Waals surface area contributed by atoms with E-state index in [1.54, 1.807) is 19.9 Å². The van der Waals surface area contributed by atoms with Gasteiger partial charge in [0.25, 0.3) is 5.92 Å². The molecule has 0 aromatic heterocycles. The summed E-state index contributed by atoms with van der Waals surface area (Å²) in [5.74, 6) is -2.28. The van der Waals surface area contributed by atoms with Crippen molar-refractivity contribution in [3.63, 3.8) is 0 Å². The zero-order valence-electron chi connectivity index (χ0n) is 11.4. The Hall–Kier alpha value is -1.16. The Kier molecular flexibility index (Phi) is 4.32. The maximum absolute atomic E-state index is 14.1. The van der Waals surface area contributed by atoms with Crippen molar-refractivity contribution in [3.05, 3.63) is 29.3 Å². The molecule has 1 aromatic carbocycles. The van der Waals surface area contributed by atoms with Crippen molar-refractivity contribution in [2.24, 2.45) is 5.73 Å². The lowest BCUT2D eigenvalue weighted by Gasteiger charge is -2.26. The topological polar surface area (TPSA) is 35.2 Å². The standard InChI is InChI=1S/C14H21F2NO/c1-5-10-8-11(6-7-12(10)18-4)14(15,16)9-13(2,3)17/h6-8H,5,9,17H2,1-4H3. The zero-order chi connectivity index (χ0) is 14.0. The average Bonchev–Trinajstić information content (AvgIpc) is 2.24. The van der Waals surface area contributed by atoms with E-state index < -0.39 is 11.5 Å². The Bertz CT molecular complexity index is 411. The molecule has 4 heteroatoms. The van der Waals surface area contributed by atoms with Gasteiger partial charge >= 0.3 is 0 Å². The van der Waals surface area contributed by atoms with E-state index in [0.717, 1.165) is 5.56 Å². The van der Waals surface area contributed by atoms with Gasteiger partial charge in [-0.2, -0.15) is 0 Å². The van der Waals surface area contributed by atoms with E-state index in [4.69, 9.17) is 10.5 Å². The SMILES string of the molecule is CCc1cc(C(F)(F)CC(C)(C)N)ccc1OC. The molecule has 102 valence electrons. The third-order valence-electron chi connectivity index (χ3n) is 2.76. The smallest absolute Gasteiger partial charge is 0.275 e. The van der Waals surface area contributed by atoms with Crippen LogP contribution in [0.2, 0.25) is 0 Å². The van der Waals surface area contributed by atoms with Crippen molar-refractivity contribution in [1.29, 1.82) is 0 Å². The molecule has 0 atom stereocenters. The van der Waals surface area contributed by atoms with Crippen LogP contribution < -0.4 is 10.5 Å². The van der Waals surface area contributed by atoms with Gasteiger partial charge in [0.1, 0.15) is 5.75 Å². The van der Waals surface area contributed by atoms with Gasteiger partial charge in [-0.3, -0.25) is 0 Å². The van der Waals surface area contributed by atoms with E-state index in [0.29, 0.717) is 12.2 Å². The molecule has 0 aliphatic carbocycles. The first-order valence-corrected chi connectivity index (χ1v) is 6.03. The van der Waals surface area contributed by atoms with Crippen molar-refractivity contribution in [3.8, 4) is 5.75 Å². The molecule has 0 fully saturated rings. The molecule has 0 aliphatic rings. The van der Waals surface area contributed by atoms with Gasteiger partial charge in [0.05, 0.1) is 7.11 Å². The third kappa shape index (κ3) is 3.67. The summed E-state index contributed by atoms with van der Waals surface area (Å²) in [7, 11) is 1.54. The van der Waals surface area contributed by atoms with Crippen molar-refractivity contribution >= 4 is 0 Å². The minimum atomic E-state index is -2.92. The van der Waals surface area contributed by atoms with Crippen LogP contribution in [0.5, 0.6) is 5.75 Å². The predicted molar refractivity (Wildman–Crippen MR) is 69.1 cm³/mol. The Morgan fingerprint density at radius 2 is 1.89 bits per heavy atom. The zero-order valence-corrected chi connectivity index (χ0v) is 11.4. The molecule has 0 saturated carbocycles. The van der Waals surface area contributed by atoms with E-state index in [1.807, 2.05) is 6.92 Å². The van der Waals surface area contributed by atoms with Crippen LogP contribution in [0.15, 0.2) is 18.2 Å². The Balaban J connectivity index is 3.09. The minimum Gasteiger partial charge on any atom is -0.496 e. The van der Waals surface area contributed by atoms with Crippen molar-refractivity contribution in [1.82, 2.24) is 0 Å². The van der Waals surface area contributed by atoms with E-state index in [9.17, 15) is 8.78 Å². The first-order chi connectivity index (χ1) is 8.19. The summed E-state index contributed by atoms with van der Waals surface area (Å²) < 4.78 is 33.3. The lowest BCUT2D eigenvalue weighted by atomic mass is 9.92. The molecule has 0 saturated heterocycles. The van der Waals surface area contributed by atoms with Crippen LogP contribution in [-0.2, 0) is 12.3 Å². The fourth-order valence-corrected chi connectivity index (χ4v) is 1.96. The van der Waals surface area contributed by atoms with E-state index >= 15 is 0 Å². The monoisotopic (exact) mass is 257 g/mol. The van der Waals surface area contributed by atoms with Crippen LogP contribution in [0.3, 0.4) is 0 Å². The Morgan fingerprint density at radius 3 is 2.33 bits per heavy atom. The molecular weight excluding hydrogens is 236 g/mol. The number of nitrogens with two attached hydrogens (primary N) is 1. The second kappa shape index (κ2) is 5.22. The summed E-state index contributed by atoms with van der Waals surface area (Å²) in [6.07, 6.45) is 0.272. The normalized spacial score (nSPS) is 12.6. The van der Waals surface area contributed by atoms with Gasteiger partial charge in [-0.1, -0.05) is 6.92 Å². The summed E-state index contributed by atoms with van der Waals surface area (Å²) in [6, 6.07) is 4.50. The molecule has 0 aliphatic heterocycles. The highest BCUT2D eigenvalue weighted by atomic mass is 19.3. The fourth-order valence-electron chi connectivity index (χ4n) is 1.96. The fraction of sp³-hybridized carbons (Fsp3) is 0.571. The van der Waals surface area contributed by atoms with Crippen LogP contribution in [0.4, 0.5) is 8.78 Å². The third-order valence-corrected chi connectivity index (χ3v) is 2.76. The summed E-state index contributed by atoms with van der Waals surface area (Å²) in [5.41, 5.74) is 5.55. The van der Waals surface area contributed by atoms with Gasteiger partial charge in [-0.15, -0.1) is 0 Å². The predicted octanol–water partition coefficient (Wildman–Crippen LogP) is 3.48. The Labute approximate surface area is 107 Å². The second-order valence-corrected chi connectivity index (χ2v) is 5.25. The van der Waals surface area contributed by atoms with Crippen LogP contribution >= 0.6 is 0 Å². The van der Waals surface area contributed by atoms with Gasteiger partial charge in [0.15, 0.2) is 0 Å². The molecule has 0 spiro atoms. The van der Waals surface area contributed by atoms with Crippen molar-refractivity contribution < 1.29 is 13.5 Å². The van der Waals surface area contributed by atoms with E-state index in [1.165, 1.54) is 19.2 Å². The molecule has 0 radical (unpaired) electrons. The molecule has 0 amide bonds. The number of halogens is 2. The van der Waals surface area contributed by atoms with Crippen molar-refractivity contribution in [2.75, 3.05) is 7.11 Å². The molecule has 1 rings (SSSR count). The van der Waals surface area contributed by atoms with Crippen LogP contribution in [0.25, 0.3) is 0 Å². The van der Waals surface area contributed by atoms with Crippen molar-refractivity contribution in [2.45, 2.75) is 45.1 Å². The molecule has 0 unspecified atom stereocenters. The molecule has 0 heterocycles. The largest absolute Gasteiger partial charge is 0.496 e. The number of alkyl halides is 2. The highest BCUT2D eigenvalue weighted by Gasteiger charge is 2.37. The van der Waals surface area contributed by atoms with E-state index in [-0.39, 0.29) is 12.0 Å². The Morgan fingerprint density at radius 1 is 1.28 bits per heavy atom. The van der Waals surface area contributed by atoms with Gasteiger partial charge < -0.3 is 10.5 Å². The molecule has 0 bridgehead atoms. The molecular formula is C14H21F2NO. The lowest BCUT2D eigenvalue weighted by Crippen LogP contribution is -2.38.